The van der Waals surface area contributed by atoms with Crippen molar-refractivity contribution in [3.63, 3.8) is 0 Å². The van der Waals surface area contributed by atoms with E-state index in [4.69, 9.17) is 9.47 Å². The van der Waals surface area contributed by atoms with Gasteiger partial charge in [-0.2, -0.15) is 0 Å². The van der Waals surface area contributed by atoms with Gasteiger partial charge in [-0.15, -0.1) is 0 Å². The molecule has 5 heteroatoms. The van der Waals surface area contributed by atoms with Gasteiger partial charge in [-0.3, -0.25) is 0 Å². The summed E-state index contributed by atoms with van der Waals surface area (Å²) in [6.45, 7) is 4.43. The highest BCUT2D eigenvalue weighted by Gasteiger charge is 2.21. The molecule has 0 saturated heterocycles. The number of carbonyl (C=O) groups excluding carboxylic acids is 1. The normalized spacial score (nSPS) is 10.4. The van der Waals surface area contributed by atoms with Gasteiger partial charge in [0.05, 0.1) is 13.2 Å². The van der Waals surface area contributed by atoms with Gasteiger partial charge in [0.25, 0.3) is 0 Å². The predicted molar refractivity (Wildman–Crippen MR) is 72.0 cm³/mol. The first-order chi connectivity index (χ1) is 9.60. The zero-order valence-electron chi connectivity index (χ0n) is 11.9. The summed E-state index contributed by atoms with van der Waals surface area (Å²) >= 11 is 0. The second kappa shape index (κ2) is 8.51. The first kappa shape index (κ1) is 16.4. The van der Waals surface area contributed by atoms with Gasteiger partial charge in [0.15, 0.2) is 0 Å². The lowest BCUT2D eigenvalue weighted by Gasteiger charge is -2.12. The fourth-order valence-electron chi connectivity index (χ4n) is 1.57. The summed E-state index contributed by atoms with van der Waals surface area (Å²) in [6.07, 6.45) is 3.18. The van der Waals surface area contributed by atoms with E-state index in [9.17, 15) is 13.6 Å². The van der Waals surface area contributed by atoms with Crippen molar-refractivity contribution >= 4 is 5.97 Å². The number of unbranched alkanes of at least 4 members (excludes halogenated alkanes) is 2. The van der Waals surface area contributed by atoms with Gasteiger partial charge in [0, 0.05) is 12.1 Å². The van der Waals surface area contributed by atoms with E-state index in [0.717, 1.165) is 25.3 Å². The molecule has 0 aliphatic rings. The Balaban J connectivity index is 2.88. The third-order valence-electron chi connectivity index (χ3n) is 2.71. The first-order valence-corrected chi connectivity index (χ1v) is 6.89. The van der Waals surface area contributed by atoms with Crippen LogP contribution in [0.1, 0.15) is 49.9 Å². The fourth-order valence-corrected chi connectivity index (χ4v) is 1.57. The predicted octanol–water partition coefficient (Wildman–Crippen LogP) is 4.10. The Morgan fingerprint density at radius 2 is 1.75 bits per heavy atom. The summed E-state index contributed by atoms with van der Waals surface area (Å²) < 4.78 is 37.2. The van der Waals surface area contributed by atoms with Crippen LogP contribution in [-0.4, -0.2) is 19.2 Å². The van der Waals surface area contributed by atoms with Gasteiger partial charge in [-0.25, -0.2) is 13.6 Å². The standard InChI is InChI=1S/C15H20F2O3/c1-3-5-7-19-13-10-11(16)9-12(17)14(13)15(18)20-8-6-4-2/h9-10H,3-8H2,1-2H3. The molecule has 20 heavy (non-hydrogen) atoms. The van der Waals surface area contributed by atoms with E-state index in [0.29, 0.717) is 19.1 Å². The van der Waals surface area contributed by atoms with Crippen molar-refractivity contribution in [3.05, 3.63) is 29.3 Å². The highest BCUT2D eigenvalue weighted by Crippen LogP contribution is 2.25. The lowest BCUT2D eigenvalue weighted by molar-refractivity contribution is 0.0489. The van der Waals surface area contributed by atoms with Gasteiger partial charge in [0.1, 0.15) is 22.9 Å². The van der Waals surface area contributed by atoms with E-state index in [1.54, 1.807) is 0 Å². The van der Waals surface area contributed by atoms with Crippen LogP contribution in [0.2, 0.25) is 0 Å². The molecule has 1 aromatic carbocycles. The van der Waals surface area contributed by atoms with Crippen molar-refractivity contribution in [2.75, 3.05) is 13.2 Å². The second-order valence-electron chi connectivity index (χ2n) is 4.45. The molecule has 1 rings (SSSR count). The molecule has 0 spiro atoms. The molecule has 0 fully saturated rings. The molecular weight excluding hydrogens is 266 g/mol. The van der Waals surface area contributed by atoms with E-state index >= 15 is 0 Å². The van der Waals surface area contributed by atoms with Crippen LogP contribution in [0.5, 0.6) is 5.75 Å². The number of rotatable bonds is 8. The minimum atomic E-state index is -0.960. The first-order valence-electron chi connectivity index (χ1n) is 6.89. The average molecular weight is 286 g/mol. The minimum Gasteiger partial charge on any atom is -0.492 e. The summed E-state index contributed by atoms with van der Waals surface area (Å²) in [5.74, 6) is -2.66. The number of esters is 1. The summed E-state index contributed by atoms with van der Waals surface area (Å²) in [7, 11) is 0. The molecule has 0 atom stereocenters. The Morgan fingerprint density at radius 1 is 1.10 bits per heavy atom. The maximum Gasteiger partial charge on any atom is 0.344 e. The van der Waals surface area contributed by atoms with Crippen molar-refractivity contribution in [1.82, 2.24) is 0 Å². The van der Waals surface area contributed by atoms with E-state index < -0.39 is 17.6 Å². The van der Waals surface area contributed by atoms with Crippen molar-refractivity contribution in [2.45, 2.75) is 39.5 Å². The number of benzene rings is 1. The van der Waals surface area contributed by atoms with Crippen LogP contribution >= 0.6 is 0 Å². The molecule has 0 amide bonds. The average Bonchev–Trinajstić information content (AvgIpc) is 2.38. The van der Waals surface area contributed by atoms with Crippen LogP contribution < -0.4 is 4.74 Å². The largest absolute Gasteiger partial charge is 0.492 e. The molecule has 0 heterocycles. The summed E-state index contributed by atoms with van der Waals surface area (Å²) in [4.78, 5) is 11.8. The molecule has 0 radical (unpaired) electrons. The number of halogens is 2. The van der Waals surface area contributed by atoms with Gasteiger partial charge < -0.3 is 9.47 Å². The highest BCUT2D eigenvalue weighted by atomic mass is 19.1. The van der Waals surface area contributed by atoms with Gasteiger partial charge in [0.2, 0.25) is 0 Å². The van der Waals surface area contributed by atoms with Gasteiger partial charge >= 0.3 is 5.97 Å². The Morgan fingerprint density at radius 3 is 2.40 bits per heavy atom. The molecular formula is C15H20F2O3. The summed E-state index contributed by atoms with van der Waals surface area (Å²) in [5.41, 5.74) is -0.335. The lowest BCUT2D eigenvalue weighted by Crippen LogP contribution is -2.12. The van der Waals surface area contributed by atoms with Crippen LogP contribution in [0.25, 0.3) is 0 Å². The van der Waals surface area contributed by atoms with Crippen LogP contribution in [-0.2, 0) is 4.74 Å². The molecule has 0 bridgehead atoms. The summed E-state index contributed by atoms with van der Waals surface area (Å²) in [5, 5.41) is 0. The van der Waals surface area contributed by atoms with Crippen molar-refractivity contribution in [1.29, 1.82) is 0 Å². The van der Waals surface area contributed by atoms with Crippen LogP contribution in [0.4, 0.5) is 8.78 Å². The second-order valence-corrected chi connectivity index (χ2v) is 4.45. The molecule has 0 unspecified atom stereocenters. The van der Waals surface area contributed by atoms with Gasteiger partial charge in [-0.05, 0) is 12.8 Å². The summed E-state index contributed by atoms with van der Waals surface area (Å²) in [6, 6.07) is 1.66. The van der Waals surface area contributed by atoms with E-state index in [2.05, 4.69) is 0 Å². The van der Waals surface area contributed by atoms with Crippen LogP contribution in [0.3, 0.4) is 0 Å². The zero-order valence-corrected chi connectivity index (χ0v) is 11.9. The number of hydrogen-bond acceptors (Lipinski definition) is 3. The topological polar surface area (TPSA) is 35.5 Å². The van der Waals surface area contributed by atoms with E-state index in [1.165, 1.54) is 0 Å². The maximum atomic E-state index is 13.8. The molecule has 0 aliphatic heterocycles. The molecule has 0 aliphatic carbocycles. The molecule has 0 aromatic heterocycles. The molecule has 0 N–H and O–H groups in total. The Hall–Kier alpha value is -1.65. The maximum absolute atomic E-state index is 13.8. The SMILES string of the molecule is CCCCOC(=O)c1c(F)cc(F)cc1OCCCC. The molecule has 0 saturated carbocycles. The molecule has 1 aromatic rings. The Kier molecular flexibility index (Phi) is 6.98. The third-order valence-corrected chi connectivity index (χ3v) is 2.71. The van der Waals surface area contributed by atoms with Crippen LogP contribution in [0.15, 0.2) is 12.1 Å². The Bertz CT molecular complexity index is 447. The third kappa shape index (κ3) is 4.79. The molecule has 112 valence electrons. The monoisotopic (exact) mass is 286 g/mol. The smallest absolute Gasteiger partial charge is 0.344 e. The lowest BCUT2D eigenvalue weighted by atomic mass is 10.2. The number of carbonyl (C=O) groups is 1. The van der Waals surface area contributed by atoms with Crippen molar-refractivity contribution in [2.24, 2.45) is 0 Å². The Labute approximate surface area is 117 Å². The van der Waals surface area contributed by atoms with Gasteiger partial charge in [-0.1, -0.05) is 26.7 Å². The fraction of sp³-hybridized carbons (Fsp3) is 0.533. The number of ether oxygens (including phenoxy) is 2. The molecule has 3 nitrogen and oxygen atoms in total. The van der Waals surface area contributed by atoms with E-state index in [1.807, 2.05) is 13.8 Å². The highest BCUT2D eigenvalue weighted by molar-refractivity contribution is 5.92. The van der Waals surface area contributed by atoms with Crippen molar-refractivity contribution in [3.8, 4) is 5.75 Å². The number of hydrogen-bond donors (Lipinski definition) is 0. The minimum absolute atomic E-state index is 0.0996. The quantitative estimate of drug-likeness (QED) is 0.533. The zero-order chi connectivity index (χ0) is 15.0. The van der Waals surface area contributed by atoms with E-state index in [-0.39, 0.29) is 17.9 Å². The van der Waals surface area contributed by atoms with Crippen LogP contribution in [0, 0.1) is 11.6 Å². The van der Waals surface area contributed by atoms with Crippen molar-refractivity contribution < 1.29 is 23.0 Å².